The molecule has 1 aromatic carbocycles. The quantitative estimate of drug-likeness (QED) is 0.396. The minimum atomic E-state index is -0.924. The molecule has 2 aliphatic rings. The van der Waals surface area contributed by atoms with Crippen LogP contribution in [-0.4, -0.2) is 39.9 Å². The van der Waals surface area contributed by atoms with Gasteiger partial charge in [0.2, 0.25) is 0 Å². The van der Waals surface area contributed by atoms with Crippen LogP contribution in [0.5, 0.6) is 0 Å². The third-order valence-electron chi connectivity index (χ3n) is 4.70. The Morgan fingerprint density at radius 2 is 2.00 bits per heavy atom. The lowest BCUT2D eigenvalue weighted by Gasteiger charge is -2.30. The molecule has 1 saturated carbocycles. The van der Waals surface area contributed by atoms with Gasteiger partial charge in [-0.25, -0.2) is 4.79 Å². The van der Waals surface area contributed by atoms with E-state index in [2.05, 4.69) is 16.1 Å². The molecule has 144 valence electrons. The largest absolute Gasteiger partial charge is 0.376 e. The molecule has 0 bridgehead atoms. The number of carbonyl (C=O) groups excluding carboxylic acids is 3. The van der Waals surface area contributed by atoms with Crippen molar-refractivity contribution in [2.75, 3.05) is 11.9 Å². The minimum Gasteiger partial charge on any atom is -0.376 e. The molecule has 3 N–H and O–H groups in total. The summed E-state index contributed by atoms with van der Waals surface area (Å²) in [5.74, 6) is -1.09. The molecule has 4 amide bonds. The predicted octanol–water partition coefficient (Wildman–Crippen LogP) is 1.95. The number of rotatable bonds is 5. The summed E-state index contributed by atoms with van der Waals surface area (Å²) in [4.78, 5) is 47.0. The van der Waals surface area contributed by atoms with Gasteiger partial charge in [-0.2, -0.15) is 5.01 Å². The summed E-state index contributed by atoms with van der Waals surface area (Å²) < 4.78 is 0. The second-order valence-corrected chi connectivity index (χ2v) is 6.93. The van der Waals surface area contributed by atoms with E-state index in [0.717, 1.165) is 19.3 Å². The molecular formula is C16H18ClN5O5. The highest BCUT2D eigenvalue weighted by Crippen LogP contribution is 2.33. The first-order valence-corrected chi connectivity index (χ1v) is 8.84. The normalized spacial score (nSPS) is 18.3. The van der Waals surface area contributed by atoms with Crippen molar-refractivity contribution in [3.63, 3.8) is 0 Å². The molecule has 1 aliphatic carbocycles. The Morgan fingerprint density at radius 3 is 2.67 bits per heavy atom. The van der Waals surface area contributed by atoms with Crippen molar-refractivity contribution in [2.45, 2.75) is 37.6 Å². The zero-order valence-corrected chi connectivity index (χ0v) is 15.0. The summed E-state index contributed by atoms with van der Waals surface area (Å²) in [7, 11) is 0. The van der Waals surface area contributed by atoms with Gasteiger partial charge in [0.05, 0.1) is 11.5 Å². The fraction of sp³-hybridized carbons (Fsp3) is 0.438. The molecule has 1 aromatic rings. The van der Waals surface area contributed by atoms with Crippen molar-refractivity contribution < 1.29 is 19.3 Å². The molecule has 1 saturated heterocycles. The standard InChI is InChI=1S/C16H18ClN5O5/c17-11-5-4-10(8-12(11)22(26)27)18-9-13(23)20-21-14(24)16(19-15(21)25)6-2-1-3-7-16/h4-5,8,18H,1-3,6-7,9H2,(H,19,25)(H,20,23). The Labute approximate surface area is 159 Å². The van der Waals surface area contributed by atoms with E-state index in [9.17, 15) is 24.5 Å². The van der Waals surface area contributed by atoms with Crippen LogP contribution in [0.4, 0.5) is 16.2 Å². The van der Waals surface area contributed by atoms with Crippen molar-refractivity contribution in [1.82, 2.24) is 15.8 Å². The number of nitrogens with zero attached hydrogens (tertiary/aromatic N) is 2. The molecule has 1 spiro atoms. The van der Waals surface area contributed by atoms with Crippen LogP contribution in [0, 0.1) is 10.1 Å². The van der Waals surface area contributed by atoms with Crippen LogP contribution in [0.15, 0.2) is 18.2 Å². The summed E-state index contributed by atoms with van der Waals surface area (Å²) >= 11 is 5.73. The molecule has 0 unspecified atom stereocenters. The van der Waals surface area contributed by atoms with Crippen LogP contribution in [0.3, 0.4) is 0 Å². The van der Waals surface area contributed by atoms with Crippen LogP contribution in [0.1, 0.15) is 32.1 Å². The molecule has 11 heteroatoms. The monoisotopic (exact) mass is 395 g/mol. The van der Waals surface area contributed by atoms with Gasteiger partial charge in [-0.05, 0) is 25.0 Å². The maximum Gasteiger partial charge on any atom is 0.344 e. The number of halogens is 1. The van der Waals surface area contributed by atoms with Gasteiger partial charge < -0.3 is 10.6 Å². The Bertz CT molecular complexity index is 808. The molecular weight excluding hydrogens is 378 g/mol. The molecule has 1 heterocycles. The Morgan fingerprint density at radius 1 is 1.30 bits per heavy atom. The SMILES string of the molecule is O=C(CNc1ccc(Cl)c([N+](=O)[O-])c1)NN1C(=O)NC2(CCCCC2)C1=O. The number of carbonyl (C=O) groups is 3. The lowest BCUT2D eigenvalue weighted by atomic mass is 9.82. The van der Waals surface area contributed by atoms with Crippen molar-refractivity contribution in [2.24, 2.45) is 0 Å². The van der Waals surface area contributed by atoms with Gasteiger partial charge >= 0.3 is 6.03 Å². The summed E-state index contributed by atoms with van der Waals surface area (Å²) in [5.41, 5.74) is 1.37. The second kappa shape index (κ2) is 7.39. The average Bonchev–Trinajstić information content (AvgIpc) is 2.85. The third-order valence-corrected chi connectivity index (χ3v) is 5.02. The first-order chi connectivity index (χ1) is 12.8. The third kappa shape index (κ3) is 3.80. The van der Waals surface area contributed by atoms with E-state index < -0.39 is 28.3 Å². The molecule has 1 aliphatic heterocycles. The van der Waals surface area contributed by atoms with Crippen LogP contribution in [0.25, 0.3) is 0 Å². The second-order valence-electron chi connectivity index (χ2n) is 6.53. The first kappa shape index (κ1) is 18.9. The summed E-state index contributed by atoms with van der Waals surface area (Å²) in [6.45, 7) is -0.289. The van der Waals surface area contributed by atoms with Crippen LogP contribution < -0.4 is 16.1 Å². The number of hydrogen-bond acceptors (Lipinski definition) is 6. The average molecular weight is 396 g/mol. The number of hydrogen-bond donors (Lipinski definition) is 3. The smallest absolute Gasteiger partial charge is 0.344 e. The van der Waals surface area contributed by atoms with Gasteiger partial charge in [0.25, 0.3) is 17.5 Å². The van der Waals surface area contributed by atoms with Gasteiger partial charge in [0.15, 0.2) is 0 Å². The van der Waals surface area contributed by atoms with E-state index in [1.54, 1.807) is 0 Å². The lowest BCUT2D eigenvalue weighted by molar-refractivity contribution is -0.384. The summed E-state index contributed by atoms with van der Waals surface area (Å²) in [6.07, 6.45) is 3.79. The lowest BCUT2D eigenvalue weighted by Crippen LogP contribution is -2.51. The molecule has 10 nitrogen and oxygen atoms in total. The Hall–Kier alpha value is -2.88. The van der Waals surface area contributed by atoms with Crippen molar-refractivity contribution in [3.05, 3.63) is 33.3 Å². The Kier molecular flexibility index (Phi) is 5.17. The van der Waals surface area contributed by atoms with Gasteiger partial charge in [-0.1, -0.05) is 30.9 Å². The van der Waals surface area contributed by atoms with Crippen molar-refractivity contribution in [1.29, 1.82) is 0 Å². The highest BCUT2D eigenvalue weighted by Gasteiger charge is 2.52. The number of nitro benzene ring substituents is 1. The summed E-state index contributed by atoms with van der Waals surface area (Å²) in [5, 5.41) is 17.0. The van der Waals surface area contributed by atoms with E-state index in [1.807, 2.05) is 0 Å². The number of hydrazine groups is 1. The van der Waals surface area contributed by atoms with Gasteiger partial charge in [-0.15, -0.1) is 0 Å². The highest BCUT2D eigenvalue weighted by molar-refractivity contribution is 6.32. The fourth-order valence-electron chi connectivity index (χ4n) is 3.33. The van der Waals surface area contributed by atoms with E-state index in [-0.39, 0.29) is 17.3 Å². The predicted molar refractivity (Wildman–Crippen MR) is 95.9 cm³/mol. The molecule has 0 aromatic heterocycles. The number of anilines is 1. The molecule has 3 rings (SSSR count). The molecule has 0 radical (unpaired) electrons. The van der Waals surface area contributed by atoms with Gasteiger partial charge in [0, 0.05) is 11.8 Å². The van der Waals surface area contributed by atoms with Crippen LogP contribution in [-0.2, 0) is 9.59 Å². The van der Waals surface area contributed by atoms with Crippen LogP contribution in [0.2, 0.25) is 5.02 Å². The molecule has 27 heavy (non-hydrogen) atoms. The van der Waals surface area contributed by atoms with Crippen molar-refractivity contribution >= 4 is 40.8 Å². The van der Waals surface area contributed by atoms with E-state index >= 15 is 0 Å². The number of imide groups is 1. The van der Waals surface area contributed by atoms with Crippen LogP contribution >= 0.6 is 11.6 Å². The number of benzene rings is 1. The molecule has 2 fully saturated rings. The highest BCUT2D eigenvalue weighted by atomic mass is 35.5. The van der Waals surface area contributed by atoms with E-state index in [0.29, 0.717) is 23.5 Å². The van der Waals surface area contributed by atoms with Gasteiger partial charge in [-0.3, -0.25) is 25.1 Å². The van der Waals surface area contributed by atoms with E-state index in [4.69, 9.17) is 11.6 Å². The molecule has 0 atom stereocenters. The number of urea groups is 1. The summed E-state index contributed by atoms with van der Waals surface area (Å²) in [6, 6.07) is 3.36. The first-order valence-electron chi connectivity index (χ1n) is 8.46. The van der Waals surface area contributed by atoms with Crippen molar-refractivity contribution in [3.8, 4) is 0 Å². The fourth-order valence-corrected chi connectivity index (χ4v) is 3.51. The maximum atomic E-state index is 12.6. The maximum absolute atomic E-state index is 12.6. The number of amides is 4. The number of nitrogens with one attached hydrogen (secondary N) is 3. The topological polar surface area (TPSA) is 134 Å². The Balaban J connectivity index is 1.60. The van der Waals surface area contributed by atoms with Gasteiger partial charge in [0.1, 0.15) is 10.6 Å². The minimum absolute atomic E-state index is 0.0212. The number of nitro groups is 1. The zero-order chi connectivity index (χ0) is 19.6. The zero-order valence-electron chi connectivity index (χ0n) is 14.3. The van der Waals surface area contributed by atoms with E-state index in [1.165, 1.54) is 18.2 Å².